The molecule has 19 heavy (non-hydrogen) atoms. The predicted octanol–water partition coefficient (Wildman–Crippen LogP) is 2.66. The first-order valence-corrected chi connectivity index (χ1v) is 6.97. The van der Waals surface area contributed by atoms with Crippen molar-refractivity contribution in [2.24, 2.45) is 0 Å². The highest BCUT2D eigenvalue weighted by atomic mass is 16.5. The van der Waals surface area contributed by atoms with Crippen molar-refractivity contribution >= 4 is 11.6 Å². The fourth-order valence-corrected chi connectivity index (χ4v) is 1.67. The van der Waals surface area contributed by atoms with Crippen molar-refractivity contribution in [3.63, 3.8) is 0 Å². The summed E-state index contributed by atoms with van der Waals surface area (Å²) in [5.41, 5.74) is 1.73. The van der Waals surface area contributed by atoms with E-state index in [1.54, 1.807) is 0 Å². The minimum Gasteiger partial charge on any atom is -0.385 e. The molecular weight excluding hydrogens is 240 g/mol. The van der Waals surface area contributed by atoms with Gasteiger partial charge >= 0.3 is 0 Å². The molecule has 0 radical (unpaired) electrons. The quantitative estimate of drug-likeness (QED) is 0.674. The van der Waals surface area contributed by atoms with Crippen LogP contribution in [0.2, 0.25) is 0 Å². The van der Waals surface area contributed by atoms with Crippen molar-refractivity contribution in [3.8, 4) is 0 Å². The van der Waals surface area contributed by atoms with E-state index in [2.05, 4.69) is 17.6 Å². The Morgan fingerprint density at radius 2 is 1.89 bits per heavy atom. The number of hydrogen-bond acceptors (Lipinski definition) is 3. The summed E-state index contributed by atoms with van der Waals surface area (Å²) < 4.78 is 5.35. The molecule has 0 saturated carbocycles. The van der Waals surface area contributed by atoms with Crippen molar-refractivity contribution < 1.29 is 9.53 Å². The molecule has 1 aromatic rings. The Balaban J connectivity index is 2.25. The largest absolute Gasteiger partial charge is 0.385 e. The number of ether oxygens (including phenoxy) is 1. The number of benzene rings is 1. The fraction of sp³-hybridized carbons (Fsp3) is 0.533. The molecule has 0 saturated heterocycles. The van der Waals surface area contributed by atoms with Gasteiger partial charge in [-0.1, -0.05) is 6.92 Å². The fourth-order valence-electron chi connectivity index (χ4n) is 1.67. The van der Waals surface area contributed by atoms with Crippen LogP contribution in [-0.4, -0.2) is 32.2 Å². The molecule has 0 aliphatic rings. The zero-order valence-corrected chi connectivity index (χ0v) is 11.9. The highest BCUT2D eigenvalue weighted by molar-refractivity contribution is 5.94. The molecule has 0 aliphatic carbocycles. The first-order chi connectivity index (χ1) is 9.27. The molecule has 0 bridgehead atoms. The summed E-state index contributed by atoms with van der Waals surface area (Å²) in [6, 6.07) is 7.51. The van der Waals surface area contributed by atoms with Gasteiger partial charge in [0.1, 0.15) is 0 Å². The molecule has 4 heteroatoms. The van der Waals surface area contributed by atoms with E-state index in [1.165, 1.54) is 0 Å². The standard InChI is InChI=1S/C15H24N2O2/c1-3-11-19-12-5-10-17-15(18)13-6-8-14(9-7-13)16-4-2/h6-9,16H,3-5,10-12H2,1-2H3,(H,17,18). The average molecular weight is 264 g/mol. The number of carbonyl (C=O) groups is 1. The molecule has 0 fully saturated rings. The monoisotopic (exact) mass is 264 g/mol. The first kappa shape index (κ1) is 15.5. The van der Waals surface area contributed by atoms with Crippen LogP contribution in [0.15, 0.2) is 24.3 Å². The zero-order chi connectivity index (χ0) is 13.9. The Morgan fingerprint density at radius 1 is 1.16 bits per heavy atom. The average Bonchev–Trinajstić information content (AvgIpc) is 2.43. The van der Waals surface area contributed by atoms with E-state index in [-0.39, 0.29) is 5.91 Å². The Hall–Kier alpha value is -1.55. The molecule has 106 valence electrons. The Bertz CT molecular complexity index is 363. The minimum atomic E-state index is -0.0291. The van der Waals surface area contributed by atoms with E-state index in [4.69, 9.17) is 4.74 Å². The lowest BCUT2D eigenvalue weighted by Crippen LogP contribution is -2.25. The summed E-state index contributed by atoms with van der Waals surface area (Å²) in [4.78, 5) is 11.8. The van der Waals surface area contributed by atoms with Crippen LogP contribution in [0.3, 0.4) is 0 Å². The van der Waals surface area contributed by atoms with Crippen LogP contribution in [0.25, 0.3) is 0 Å². The van der Waals surface area contributed by atoms with Gasteiger partial charge < -0.3 is 15.4 Å². The van der Waals surface area contributed by atoms with Gasteiger partial charge in [0, 0.05) is 37.6 Å². The minimum absolute atomic E-state index is 0.0291. The summed E-state index contributed by atoms with van der Waals surface area (Å²) >= 11 is 0. The van der Waals surface area contributed by atoms with Gasteiger partial charge in [0.15, 0.2) is 0 Å². The van der Waals surface area contributed by atoms with E-state index in [9.17, 15) is 4.79 Å². The molecule has 4 nitrogen and oxygen atoms in total. The van der Waals surface area contributed by atoms with Gasteiger partial charge in [-0.2, -0.15) is 0 Å². The highest BCUT2D eigenvalue weighted by Gasteiger charge is 2.04. The summed E-state index contributed by atoms with van der Waals surface area (Å²) in [5, 5.41) is 6.09. The summed E-state index contributed by atoms with van der Waals surface area (Å²) in [6.07, 6.45) is 1.88. The molecule has 0 unspecified atom stereocenters. The number of anilines is 1. The molecular formula is C15H24N2O2. The van der Waals surface area contributed by atoms with Crippen LogP contribution in [0.5, 0.6) is 0 Å². The molecule has 1 rings (SSSR count). The predicted molar refractivity (Wildman–Crippen MR) is 78.7 cm³/mol. The van der Waals surface area contributed by atoms with Gasteiger partial charge in [-0.25, -0.2) is 0 Å². The number of carbonyl (C=O) groups excluding carboxylic acids is 1. The molecule has 0 spiro atoms. The molecule has 2 N–H and O–H groups in total. The Morgan fingerprint density at radius 3 is 2.53 bits per heavy atom. The lowest BCUT2D eigenvalue weighted by atomic mass is 10.2. The number of nitrogens with one attached hydrogen (secondary N) is 2. The molecule has 0 heterocycles. The second kappa shape index (κ2) is 9.39. The normalized spacial score (nSPS) is 10.2. The smallest absolute Gasteiger partial charge is 0.251 e. The SMILES string of the molecule is CCCOCCCNC(=O)c1ccc(NCC)cc1. The van der Waals surface area contributed by atoms with Crippen molar-refractivity contribution in [3.05, 3.63) is 29.8 Å². The van der Waals surface area contributed by atoms with Crippen molar-refractivity contribution in [1.29, 1.82) is 0 Å². The van der Waals surface area contributed by atoms with E-state index in [0.717, 1.165) is 31.7 Å². The third-order valence-corrected chi connectivity index (χ3v) is 2.63. The van der Waals surface area contributed by atoms with Crippen LogP contribution in [0.1, 0.15) is 37.0 Å². The van der Waals surface area contributed by atoms with Gasteiger partial charge in [0.05, 0.1) is 0 Å². The van der Waals surface area contributed by atoms with Gasteiger partial charge in [0.25, 0.3) is 5.91 Å². The van der Waals surface area contributed by atoms with Gasteiger partial charge in [0.2, 0.25) is 0 Å². The first-order valence-electron chi connectivity index (χ1n) is 6.97. The van der Waals surface area contributed by atoms with Crippen LogP contribution in [-0.2, 0) is 4.74 Å². The maximum Gasteiger partial charge on any atom is 0.251 e. The maximum atomic E-state index is 11.8. The second-order valence-electron chi connectivity index (χ2n) is 4.33. The maximum absolute atomic E-state index is 11.8. The highest BCUT2D eigenvalue weighted by Crippen LogP contribution is 2.08. The Labute approximate surface area is 115 Å². The lowest BCUT2D eigenvalue weighted by molar-refractivity contribution is 0.0941. The Kier molecular flexibility index (Phi) is 7.66. The van der Waals surface area contributed by atoms with Crippen LogP contribution < -0.4 is 10.6 Å². The van der Waals surface area contributed by atoms with E-state index < -0.39 is 0 Å². The zero-order valence-electron chi connectivity index (χ0n) is 11.9. The van der Waals surface area contributed by atoms with Crippen LogP contribution in [0.4, 0.5) is 5.69 Å². The molecule has 1 aromatic carbocycles. The number of hydrogen-bond donors (Lipinski definition) is 2. The molecule has 1 amide bonds. The van der Waals surface area contributed by atoms with Crippen LogP contribution >= 0.6 is 0 Å². The lowest BCUT2D eigenvalue weighted by Gasteiger charge is -2.07. The summed E-state index contributed by atoms with van der Waals surface area (Å²) in [7, 11) is 0. The summed E-state index contributed by atoms with van der Waals surface area (Å²) in [5.74, 6) is -0.0291. The van der Waals surface area contributed by atoms with Crippen molar-refractivity contribution in [2.45, 2.75) is 26.7 Å². The third-order valence-electron chi connectivity index (χ3n) is 2.63. The van der Waals surface area contributed by atoms with Gasteiger partial charge in [-0.3, -0.25) is 4.79 Å². The van der Waals surface area contributed by atoms with Crippen molar-refractivity contribution in [1.82, 2.24) is 5.32 Å². The molecule has 0 aliphatic heterocycles. The second-order valence-corrected chi connectivity index (χ2v) is 4.33. The summed E-state index contributed by atoms with van der Waals surface area (Å²) in [6.45, 7) is 7.15. The van der Waals surface area contributed by atoms with Gasteiger partial charge in [-0.05, 0) is 44.0 Å². The third kappa shape index (κ3) is 6.25. The molecule has 0 aromatic heterocycles. The topological polar surface area (TPSA) is 50.4 Å². The van der Waals surface area contributed by atoms with Crippen LogP contribution in [0, 0.1) is 0 Å². The van der Waals surface area contributed by atoms with Gasteiger partial charge in [-0.15, -0.1) is 0 Å². The van der Waals surface area contributed by atoms with Crippen molar-refractivity contribution in [2.75, 3.05) is 31.6 Å². The van der Waals surface area contributed by atoms with E-state index >= 15 is 0 Å². The number of rotatable bonds is 9. The van der Waals surface area contributed by atoms with E-state index in [0.29, 0.717) is 18.7 Å². The molecule has 0 atom stereocenters. The van der Waals surface area contributed by atoms with E-state index in [1.807, 2.05) is 31.2 Å². The number of amides is 1.